The lowest BCUT2D eigenvalue weighted by molar-refractivity contribution is 0.0627. The van der Waals surface area contributed by atoms with Crippen LogP contribution in [0.25, 0.3) is 0 Å². The van der Waals surface area contributed by atoms with Crippen LogP contribution in [0.4, 0.5) is 4.79 Å². The van der Waals surface area contributed by atoms with Gasteiger partial charge in [0.1, 0.15) is 6.23 Å². The molecule has 4 heteroatoms. The minimum Gasteiger partial charge on any atom is -0.372 e. The Morgan fingerprint density at radius 3 is 2.75 bits per heavy atom. The zero-order valence-electron chi connectivity index (χ0n) is 7.66. The number of carbonyl (C=O) groups is 1. The fourth-order valence-electron chi connectivity index (χ4n) is 1.34. The van der Waals surface area contributed by atoms with Gasteiger partial charge in [0.15, 0.2) is 0 Å². The summed E-state index contributed by atoms with van der Waals surface area (Å²) in [6.07, 6.45) is 1.39. The van der Waals surface area contributed by atoms with Gasteiger partial charge >= 0.3 is 6.03 Å². The minimum atomic E-state index is -0.603. The van der Waals surface area contributed by atoms with Crippen molar-refractivity contribution in [1.82, 2.24) is 9.80 Å². The fraction of sp³-hybridized carbons (Fsp3) is 0.875. The number of aliphatic hydroxyl groups excluding tert-OH is 1. The molecule has 2 amide bonds. The van der Waals surface area contributed by atoms with Gasteiger partial charge in [-0.25, -0.2) is 4.79 Å². The molecule has 1 aliphatic rings. The molecule has 1 heterocycles. The summed E-state index contributed by atoms with van der Waals surface area (Å²) in [5, 5.41) is 9.42. The lowest BCUT2D eigenvalue weighted by Crippen LogP contribution is -2.34. The van der Waals surface area contributed by atoms with Crippen LogP contribution in [0.5, 0.6) is 0 Å². The maximum atomic E-state index is 11.3. The Morgan fingerprint density at radius 2 is 2.33 bits per heavy atom. The molecule has 4 nitrogen and oxygen atoms in total. The number of amides is 2. The molecule has 1 fully saturated rings. The van der Waals surface area contributed by atoms with Crippen LogP contribution < -0.4 is 0 Å². The number of carbonyl (C=O) groups excluding carboxylic acids is 1. The summed E-state index contributed by atoms with van der Waals surface area (Å²) < 4.78 is 0. The SMILES string of the molecule is CCCCN1C(=O)N(C)CC1O. The van der Waals surface area contributed by atoms with E-state index in [-0.39, 0.29) is 6.03 Å². The second kappa shape index (κ2) is 3.76. The van der Waals surface area contributed by atoms with Crippen LogP contribution in [0.15, 0.2) is 0 Å². The van der Waals surface area contributed by atoms with E-state index >= 15 is 0 Å². The number of β-amino-alcohol motifs (C(OH)–C–C–N with tert-alkyl or cyclic N) is 1. The molecule has 0 aromatic heterocycles. The first-order valence-corrected chi connectivity index (χ1v) is 4.36. The van der Waals surface area contributed by atoms with Crippen molar-refractivity contribution < 1.29 is 9.90 Å². The number of nitrogens with zero attached hydrogens (tertiary/aromatic N) is 2. The summed E-state index contributed by atoms with van der Waals surface area (Å²) >= 11 is 0. The van der Waals surface area contributed by atoms with Gasteiger partial charge in [0.25, 0.3) is 0 Å². The van der Waals surface area contributed by atoms with Crippen LogP contribution in [0.1, 0.15) is 19.8 Å². The van der Waals surface area contributed by atoms with Crippen LogP contribution >= 0.6 is 0 Å². The summed E-state index contributed by atoms with van der Waals surface area (Å²) in [4.78, 5) is 14.4. The van der Waals surface area contributed by atoms with Crippen LogP contribution in [-0.2, 0) is 0 Å². The fourth-order valence-corrected chi connectivity index (χ4v) is 1.34. The van der Waals surface area contributed by atoms with Gasteiger partial charge in [0, 0.05) is 13.6 Å². The molecule has 0 aromatic carbocycles. The molecule has 0 spiro atoms. The van der Waals surface area contributed by atoms with Crippen molar-refractivity contribution in [2.45, 2.75) is 26.0 Å². The van der Waals surface area contributed by atoms with Crippen LogP contribution in [0.3, 0.4) is 0 Å². The molecule has 0 aromatic rings. The quantitative estimate of drug-likeness (QED) is 0.672. The molecule has 70 valence electrons. The predicted molar refractivity (Wildman–Crippen MR) is 45.6 cm³/mol. The van der Waals surface area contributed by atoms with Crippen molar-refractivity contribution in [3.05, 3.63) is 0 Å². The Hall–Kier alpha value is -0.770. The van der Waals surface area contributed by atoms with E-state index in [9.17, 15) is 9.90 Å². The lowest BCUT2D eigenvalue weighted by atomic mass is 10.3. The summed E-state index contributed by atoms with van der Waals surface area (Å²) in [5.41, 5.74) is 0. The van der Waals surface area contributed by atoms with E-state index in [0.29, 0.717) is 13.1 Å². The number of unbranched alkanes of at least 4 members (excludes halogenated alkanes) is 1. The standard InChI is InChI=1S/C8H16N2O2/c1-3-4-5-10-7(11)6-9(2)8(10)12/h7,11H,3-6H2,1-2H3. The molecule has 0 saturated carbocycles. The van der Waals surface area contributed by atoms with E-state index in [0.717, 1.165) is 12.8 Å². The van der Waals surface area contributed by atoms with Crippen molar-refractivity contribution in [2.24, 2.45) is 0 Å². The molecule has 1 atom stereocenters. The molecule has 1 aliphatic heterocycles. The Labute approximate surface area is 72.8 Å². The topological polar surface area (TPSA) is 43.8 Å². The first kappa shape index (κ1) is 9.32. The molecule has 0 aliphatic carbocycles. The normalized spacial score (nSPS) is 23.9. The maximum Gasteiger partial charge on any atom is 0.322 e. The van der Waals surface area contributed by atoms with Gasteiger partial charge in [-0.2, -0.15) is 0 Å². The van der Waals surface area contributed by atoms with E-state index in [1.54, 1.807) is 11.9 Å². The van der Waals surface area contributed by atoms with E-state index < -0.39 is 6.23 Å². The second-order valence-corrected chi connectivity index (χ2v) is 3.19. The molecule has 1 rings (SSSR count). The molecule has 0 radical (unpaired) electrons. The Morgan fingerprint density at radius 1 is 1.67 bits per heavy atom. The van der Waals surface area contributed by atoms with E-state index in [2.05, 4.69) is 6.92 Å². The first-order valence-electron chi connectivity index (χ1n) is 4.36. The summed E-state index contributed by atoms with van der Waals surface area (Å²) in [7, 11) is 1.71. The Kier molecular flexibility index (Phi) is 2.92. The third-order valence-corrected chi connectivity index (χ3v) is 2.12. The number of hydrogen-bond acceptors (Lipinski definition) is 2. The highest BCUT2D eigenvalue weighted by Gasteiger charge is 2.32. The van der Waals surface area contributed by atoms with Crippen molar-refractivity contribution in [3.8, 4) is 0 Å². The smallest absolute Gasteiger partial charge is 0.322 e. The summed E-state index contributed by atoms with van der Waals surface area (Å²) in [5.74, 6) is 0. The number of rotatable bonds is 3. The first-order chi connectivity index (χ1) is 5.66. The summed E-state index contributed by atoms with van der Waals surface area (Å²) in [6.45, 7) is 3.17. The third kappa shape index (κ3) is 1.69. The summed E-state index contributed by atoms with van der Waals surface area (Å²) in [6, 6.07) is -0.0593. The molecule has 1 saturated heterocycles. The van der Waals surface area contributed by atoms with Gasteiger partial charge in [-0.3, -0.25) is 4.90 Å². The zero-order valence-corrected chi connectivity index (χ0v) is 7.66. The van der Waals surface area contributed by atoms with Crippen molar-refractivity contribution >= 4 is 6.03 Å². The monoisotopic (exact) mass is 172 g/mol. The van der Waals surface area contributed by atoms with E-state index in [4.69, 9.17) is 0 Å². The Bertz CT molecular complexity index is 172. The van der Waals surface area contributed by atoms with Gasteiger partial charge in [0.2, 0.25) is 0 Å². The molecule has 0 bridgehead atoms. The van der Waals surface area contributed by atoms with Crippen molar-refractivity contribution in [3.63, 3.8) is 0 Å². The van der Waals surface area contributed by atoms with Crippen LogP contribution in [-0.4, -0.2) is 47.3 Å². The molecule has 1 N–H and O–H groups in total. The highest BCUT2D eigenvalue weighted by Crippen LogP contribution is 2.12. The largest absolute Gasteiger partial charge is 0.372 e. The second-order valence-electron chi connectivity index (χ2n) is 3.19. The van der Waals surface area contributed by atoms with Gasteiger partial charge in [-0.1, -0.05) is 13.3 Å². The van der Waals surface area contributed by atoms with Crippen molar-refractivity contribution in [2.75, 3.05) is 20.1 Å². The molecule has 1 unspecified atom stereocenters. The predicted octanol–water partition coefficient (Wildman–Crippen LogP) is 0.472. The number of hydrogen-bond donors (Lipinski definition) is 1. The Balaban J connectivity index is 2.46. The van der Waals surface area contributed by atoms with Crippen LogP contribution in [0.2, 0.25) is 0 Å². The highest BCUT2D eigenvalue weighted by atomic mass is 16.3. The maximum absolute atomic E-state index is 11.3. The van der Waals surface area contributed by atoms with Crippen molar-refractivity contribution in [1.29, 1.82) is 0 Å². The number of likely N-dealkylation sites (N-methyl/N-ethyl adjacent to an activating group) is 1. The van der Waals surface area contributed by atoms with Gasteiger partial charge in [-0.15, -0.1) is 0 Å². The third-order valence-electron chi connectivity index (χ3n) is 2.12. The lowest BCUT2D eigenvalue weighted by Gasteiger charge is -2.18. The molecular weight excluding hydrogens is 156 g/mol. The van der Waals surface area contributed by atoms with Crippen LogP contribution in [0, 0.1) is 0 Å². The molecule has 12 heavy (non-hydrogen) atoms. The molecular formula is C8H16N2O2. The van der Waals surface area contributed by atoms with E-state index in [1.807, 2.05) is 0 Å². The number of aliphatic hydroxyl groups is 1. The van der Waals surface area contributed by atoms with E-state index in [1.165, 1.54) is 4.90 Å². The zero-order chi connectivity index (χ0) is 9.14. The highest BCUT2D eigenvalue weighted by molar-refractivity contribution is 5.76. The minimum absolute atomic E-state index is 0.0593. The average Bonchev–Trinajstić information content (AvgIpc) is 2.25. The van der Waals surface area contributed by atoms with Gasteiger partial charge < -0.3 is 10.0 Å². The number of urea groups is 1. The van der Waals surface area contributed by atoms with Gasteiger partial charge in [0.05, 0.1) is 6.54 Å². The average molecular weight is 172 g/mol. The van der Waals surface area contributed by atoms with Gasteiger partial charge in [-0.05, 0) is 6.42 Å².